The van der Waals surface area contributed by atoms with Crippen molar-refractivity contribution in [3.8, 4) is 0 Å². The van der Waals surface area contributed by atoms with E-state index in [0.717, 1.165) is 6.61 Å². The topological polar surface area (TPSA) is 57.5 Å². The maximum atomic E-state index is 10.00. The molecule has 1 aliphatic carbocycles. The molecule has 2 unspecified atom stereocenters. The Morgan fingerprint density at radius 2 is 2.38 bits per heavy atom. The number of aliphatic hydroxyl groups excluding tert-OH is 1. The highest BCUT2D eigenvalue weighted by Gasteiger charge is 2.42. The van der Waals surface area contributed by atoms with Crippen molar-refractivity contribution in [2.45, 2.75) is 6.42 Å². The summed E-state index contributed by atoms with van der Waals surface area (Å²) in [6.45, 7) is 0.957. The molecule has 3 heteroatoms. The Hall–Kier alpha value is -0.570. The number of hydrogen-bond donors (Lipinski definition) is 2. The number of rotatable bonds is 2. The molecule has 1 rings (SSSR count). The van der Waals surface area contributed by atoms with Gasteiger partial charge in [-0.15, -0.1) is 0 Å². The van der Waals surface area contributed by atoms with Gasteiger partial charge in [-0.25, -0.2) is 0 Å². The number of carbonyl (C=O) groups is 1. The lowest BCUT2D eigenvalue weighted by Gasteiger charge is -1.83. The second-order valence-corrected chi connectivity index (χ2v) is 1.99. The molecular formula is C5H7O3. The molecule has 0 aromatic rings. The van der Waals surface area contributed by atoms with Crippen LogP contribution >= 0.6 is 0 Å². The SMILES string of the molecule is O=C(O)C1CC1[CH]O. The molecule has 1 aliphatic rings. The molecule has 0 heterocycles. The third-order valence-corrected chi connectivity index (χ3v) is 1.35. The molecule has 0 bridgehead atoms. The van der Waals surface area contributed by atoms with Crippen LogP contribution < -0.4 is 0 Å². The lowest BCUT2D eigenvalue weighted by molar-refractivity contribution is -0.138. The Morgan fingerprint density at radius 1 is 1.75 bits per heavy atom. The molecule has 1 radical (unpaired) electrons. The summed E-state index contributed by atoms with van der Waals surface area (Å²) in [5, 5.41) is 16.5. The van der Waals surface area contributed by atoms with Gasteiger partial charge in [0.2, 0.25) is 0 Å². The summed E-state index contributed by atoms with van der Waals surface area (Å²) in [5.74, 6) is -1.19. The van der Waals surface area contributed by atoms with E-state index in [1.807, 2.05) is 0 Å². The van der Waals surface area contributed by atoms with Crippen molar-refractivity contribution in [1.82, 2.24) is 0 Å². The highest BCUT2D eigenvalue weighted by molar-refractivity contribution is 5.73. The molecule has 3 nitrogen and oxygen atoms in total. The molecule has 0 aromatic carbocycles. The van der Waals surface area contributed by atoms with Crippen LogP contribution in [0.4, 0.5) is 0 Å². The Morgan fingerprint density at radius 3 is 2.50 bits per heavy atom. The number of carboxylic acid groups (broad SMARTS) is 1. The third-order valence-electron chi connectivity index (χ3n) is 1.35. The molecule has 2 N–H and O–H groups in total. The normalized spacial score (nSPS) is 34.6. The molecule has 2 atom stereocenters. The van der Waals surface area contributed by atoms with Gasteiger partial charge >= 0.3 is 5.97 Å². The smallest absolute Gasteiger partial charge is 0.306 e. The van der Waals surface area contributed by atoms with Crippen LogP contribution in [0.1, 0.15) is 6.42 Å². The van der Waals surface area contributed by atoms with Gasteiger partial charge in [0.25, 0.3) is 0 Å². The summed E-state index contributed by atoms with van der Waals surface area (Å²) in [7, 11) is 0. The Kier molecular flexibility index (Phi) is 1.21. The van der Waals surface area contributed by atoms with Gasteiger partial charge in [0.1, 0.15) is 0 Å². The lowest BCUT2D eigenvalue weighted by Crippen LogP contribution is -1.99. The van der Waals surface area contributed by atoms with E-state index in [0.29, 0.717) is 6.42 Å². The zero-order valence-corrected chi connectivity index (χ0v) is 4.24. The van der Waals surface area contributed by atoms with E-state index < -0.39 is 5.97 Å². The quantitative estimate of drug-likeness (QED) is 0.542. The Labute approximate surface area is 46.9 Å². The average Bonchev–Trinajstić information content (AvgIpc) is 2.42. The molecule has 0 aromatic heterocycles. The number of aliphatic hydroxyl groups is 1. The third kappa shape index (κ3) is 0.816. The fourth-order valence-electron chi connectivity index (χ4n) is 0.663. The van der Waals surface area contributed by atoms with Crippen LogP contribution in [-0.4, -0.2) is 16.2 Å². The summed E-state index contributed by atoms with van der Waals surface area (Å²) in [6, 6.07) is 0. The lowest BCUT2D eigenvalue weighted by atomic mass is 10.3. The summed E-state index contributed by atoms with van der Waals surface area (Å²) in [4.78, 5) is 10.00. The predicted molar refractivity (Wildman–Crippen MR) is 25.5 cm³/mol. The van der Waals surface area contributed by atoms with Crippen molar-refractivity contribution in [2.75, 3.05) is 0 Å². The summed E-state index contributed by atoms with van der Waals surface area (Å²) in [6.07, 6.45) is 0.603. The van der Waals surface area contributed by atoms with E-state index >= 15 is 0 Å². The molecule has 1 saturated carbocycles. The van der Waals surface area contributed by atoms with E-state index in [1.54, 1.807) is 0 Å². The fraction of sp³-hybridized carbons (Fsp3) is 0.600. The van der Waals surface area contributed by atoms with Crippen molar-refractivity contribution in [1.29, 1.82) is 0 Å². The highest BCUT2D eigenvalue weighted by atomic mass is 16.4. The van der Waals surface area contributed by atoms with Gasteiger partial charge in [0.05, 0.1) is 12.5 Å². The number of carboxylic acids is 1. The summed E-state index contributed by atoms with van der Waals surface area (Å²) < 4.78 is 0. The standard InChI is InChI=1S/C5H7O3/c6-2-3-1-4(3)5(7)8/h2-4,6H,1H2,(H,7,8). The van der Waals surface area contributed by atoms with Gasteiger partial charge in [-0.1, -0.05) is 0 Å². The number of hydrogen-bond acceptors (Lipinski definition) is 2. The van der Waals surface area contributed by atoms with Crippen LogP contribution in [0.15, 0.2) is 0 Å². The van der Waals surface area contributed by atoms with Crippen LogP contribution in [0.2, 0.25) is 0 Å². The van der Waals surface area contributed by atoms with Crippen LogP contribution in [0.3, 0.4) is 0 Å². The van der Waals surface area contributed by atoms with Gasteiger partial charge in [-0.3, -0.25) is 4.79 Å². The number of aliphatic carboxylic acids is 1. The van der Waals surface area contributed by atoms with Crippen molar-refractivity contribution in [2.24, 2.45) is 11.8 Å². The summed E-state index contributed by atoms with van der Waals surface area (Å²) in [5.41, 5.74) is 0. The maximum Gasteiger partial charge on any atom is 0.306 e. The average molecular weight is 115 g/mol. The van der Waals surface area contributed by atoms with Crippen molar-refractivity contribution in [3.63, 3.8) is 0 Å². The molecule has 0 amide bonds. The zero-order chi connectivity index (χ0) is 6.15. The van der Waals surface area contributed by atoms with E-state index in [1.165, 1.54) is 0 Å². The molecule has 0 spiro atoms. The van der Waals surface area contributed by atoms with Crippen LogP contribution in [-0.2, 0) is 4.79 Å². The zero-order valence-electron chi connectivity index (χ0n) is 4.24. The van der Waals surface area contributed by atoms with Crippen LogP contribution in [0, 0.1) is 18.4 Å². The molecule has 1 fully saturated rings. The first kappa shape index (κ1) is 5.56. The Bertz CT molecular complexity index is 110. The monoisotopic (exact) mass is 115 g/mol. The van der Waals surface area contributed by atoms with E-state index in [2.05, 4.69) is 0 Å². The fourth-order valence-corrected chi connectivity index (χ4v) is 0.663. The first-order valence-electron chi connectivity index (χ1n) is 2.46. The molecule has 8 heavy (non-hydrogen) atoms. The van der Waals surface area contributed by atoms with E-state index in [4.69, 9.17) is 10.2 Å². The second kappa shape index (κ2) is 1.74. The minimum absolute atomic E-state index is 0.0764. The first-order valence-corrected chi connectivity index (χ1v) is 2.46. The molecule has 45 valence electrons. The van der Waals surface area contributed by atoms with Gasteiger partial charge in [0.15, 0.2) is 0 Å². The van der Waals surface area contributed by atoms with E-state index in [9.17, 15) is 4.79 Å². The minimum Gasteiger partial charge on any atom is -0.481 e. The molecule has 0 saturated heterocycles. The predicted octanol–water partition coefficient (Wildman–Crippen LogP) is 0.241. The largest absolute Gasteiger partial charge is 0.481 e. The van der Waals surface area contributed by atoms with Gasteiger partial charge < -0.3 is 10.2 Å². The van der Waals surface area contributed by atoms with Crippen LogP contribution in [0.5, 0.6) is 0 Å². The minimum atomic E-state index is -0.805. The second-order valence-electron chi connectivity index (χ2n) is 1.99. The maximum absolute atomic E-state index is 10.00. The van der Waals surface area contributed by atoms with Crippen molar-refractivity contribution < 1.29 is 15.0 Å². The van der Waals surface area contributed by atoms with E-state index in [-0.39, 0.29) is 11.8 Å². The van der Waals surface area contributed by atoms with Crippen molar-refractivity contribution in [3.05, 3.63) is 6.61 Å². The molecule has 0 aliphatic heterocycles. The molecular weight excluding hydrogens is 108 g/mol. The Balaban J connectivity index is 2.26. The van der Waals surface area contributed by atoms with Gasteiger partial charge in [-0.05, 0) is 6.42 Å². The first-order chi connectivity index (χ1) is 3.75. The van der Waals surface area contributed by atoms with Gasteiger partial charge in [0, 0.05) is 5.92 Å². The highest BCUT2D eigenvalue weighted by Crippen LogP contribution is 2.39. The van der Waals surface area contributed by atoms with Crippen LogP contribution in [0.25, 0.3) is 0 Å². The van der Waals surface area contributed by atoms with Gasteiger partial charge in [-0.2, -0.15) is 0 Å². The van der Waals surface area contributed by atoms with Crippen molar-refractivity contribution >= 4 is 5.97 Å². The summed E-state index contributed by atoms with van der Waals surface area (Å²) >= 11 is 0.